The van der Waals surface area contributed by atoms with Crippen LogP contribution in [0.3, 0.4) is 0 Å². The molecular weight excluding hydrogens is 309 g/mol. The van der Waals surface area contributed by atoms with Gasteiger partial charge in [-0.25, -0.2) is 4.39 Å². The Bertz CT molecular complexity index is 919. The predicted molar refractivity (Wildman–Crippen MR) is 82.7 cm³/mol. The van der Waals surface area contributed by atoms with Crippen LogP contribution in [0.4, 0.5) is 4.39 Å². The number of nitrogens with one attached hydrogen (secondary N) is 1. The zero-order chi connectivity index (χ0) is 15.0. The molecule has 6 heteroatoms. The van der Waals surface area contributed by atoms with Gasteiger partial charge in [-0.3, -0.25) is 4.57 Å². The molecule has 1 heterocycles. The number of aromatic nitrogens is 2. The average Bonchev–Trinajstić information content (AvgIpc) is 2.76. The van der Waals surface area contributed by atoms with E-state index < -0.39 is 5.82 Å². The first-order valence-corrected chi connectivity index (χ1v) is 6.95. The highest BCUT2D eigenvalue weighted by molar-refractivity contribution is 7.71. The van der Waals surface area contributed by atoms with Crippen molar-refractivity contribution in [3.63, 3.8) is 0 Å². The molecule has 0 unspecified atom stereocenters. The van der Waals surface area contributed by atoms with Crippen LogP contribution in [0.1, 0.15) is 5.56 Å². The minimum atomic E-state index is -0.489. The quantitative estimate of drug-likeness (QED) is 0.705. The first-order chi connectivity index (χ1) is 10.1. The molecule has 3 rings (SSSR count). The van der Waals surface area contributed by atoms with Gasteiger partial charge in [0.15, 0.2) is 4.77 Å². The van der Waals surface area contributed by atoms with Gasteiger partial charge in [-0.15, -0.1) is 0 Å². The van der Waals surface area contributed by atoms with Crippen LogP contribution in [0, 0.1) is 21.9 Å². The smallest absolute Gasteiger partial charge is 0.182 e. The molecule has 0 saturated heterocycles. The molecule has 0 radical (unpaired) electrons. The zero-order valence-corrected chi connectivity index (χ0v) is 12.3. The first-order valence-electron chi connectivity index (χ1n) is 6.16. The molecule has 0 fully saturated rings. The summed E-state index contributed by atoms with van der Waals surface area (Å²) in [6.45, 7) is 0. The van der Waals surface area contributed by atoms with E-state index in [9.17, 15) is 4.39 Å². The Morgan fingerprint density at radius 1 is 1.29 bits per heavy atom. The Hall–Kier alpha value is -2.16. The number of imidazole rings is 1. The van der Waals surface area contributed by atoms with Crippen LogP contribution in [-0.4, -0.2) is 9.55 Å². The SMILES string of the molecule is N#CCc1ccc(-n2c(=S)[nH]c3cc(F)c(Cl)cc32)cc1. The van der Waals surface area contributed by atoms with E-state index in [-0.39, 0.29) is 5.02 Å². The van der Waals surface area contributed by atoms with Crippen LogP contribution in [0.5, 0.6) is 0 Å². The lowest BCUT2D eigenvalue weighted by molar-refractivity contribution is 0.630. The molecule has 0 aliphatic heterocycles. The van der Waals surface area contributed by atoms with Crippen molar-refractivity contribution in [3.8, 4) is 11.8 Å². The van der Waals surface area contributed by atoms with Crippen LogP contribution in [-0.2, 0) is 6.42 Å². The van der Waals surface area contributed by atoms with Crippen molar-refractivity contribution in [1.82, 2.24) is 9.55 Å². The third-order valence-corrected chi connectivity index (χ3v) is 3.78. The van der Waals surface area contributed by atoms with Crippen LogP contribution < -0.4 is 0 Å². The largest absolute Gasteiger partial charge is 0.330 e. The molecule has 0 aliphatic carbocycles. The summed E-state index contributed by atoms with van der Waals surface area (Å²) in [5, 5.41) is 8.74. The van der Waals surface area contributed by atoms with Crippen LogP contribution in [0.25, 0.3) is 16.7 Å². The van der Waals surface area contributed by atoms with Crippen molar-refractivity contribution < 1.29 is 4.39 Å². The normalized spacial score (nSPS) is 10.7. The molecule has 1 N–H and O–H groups in total. The highest BCUT2D eigenvalue weighted by Crippen LogP contribution is 2.25. The molecule has 3 aromatic rings. The molecule has 0 aliphatic rings. The summed E-state index contributed by atoms with van der Waals surface area (Å²) in [7, 11) is 0. The second-order valence-corrected chi connectivity index (χ2v) is 5.34. The number of H-pyrrole nitrogens is 1. The maximum atomic E-state index is 13.5. The first kappa shape index (κ1) is 13.8. The monoisotopic (exact) mass is 317 g/mol. The molecule has 0 amide bonds. The number of rotatable bonds is 2. The molecular formula is C15H9ClFN3S. The fourth-order valence-electron chi connectivity index (χ4n) is 2.21. The van der Waals surface area contributed by atoms with Gasteiger partial charge < -0.3 is 4.98 Å². The summed E-state index contributed by atoms with van der Waals surface area (Å²) in [6.07, 6.45) is 0.358. The average molecular weight is 318 g/mol. The molecule has 21 heavy (non-hydrogen) atoms. The topological polar surface area (TPSA) is 44.5 Å². The summed E-state index contributed by atoms with van der Waals surface area (Å²) in [6, 6.07) is 12.4. The summed E-state index contributed by atoms with van der Waals surface area (Å²) < 4.78 is 15.7. The van der Waals surface area contributed by atoms with E-state index in [1.54, 1.807) is 10.6 Å². The lowest BCUT2D eigenvalue weighted by Crippen LogP contribution is -1.94. The molecule has 0 atom stereocenters. The van der Waals surface area contributed by atoms with Crippen molar-refractivity contribution in [2.45, 2.75) is 6.42 Å². The van der Waals surface area contributed by atoms with Crippen molar-refractivity contribution in [2.24, 2.45) is 0 Å². The number of halogens is 2. The fraction of sp³-hybridized carbons (Fsp3) is 0.0667. The second-order valence-electron chi connectivity index (χ2n) is 4.55. The Kier molecular flexibility index (Phi) is 3.50. The number of aromatic amines is 1. The Labute approximate surface area is 130 Å². The molecule has 0 spiro atoms. The highest BCUT2D eigenvalue weighted by atomic mass is 35.5. The third kappa shape index (κ3) is 2.44. The second kappa shape index (κ2) is 5.32. The van der Waals surface area contributed by atoms with Gasteiger partial charge in [0.25, 0.3) is 0 Å². The van der Waals surface area contributed by atoms with E-state index >= 15 is 0 Å². The highest BCUT2D eigenvalue weighted by Gasteiger charge is 2.10. The summed E-state index contributed by atoms with van der Waals surface area (Å²) in [5.74, 6) is -0.489. The van der Waals surface area contributed by atoms with Crippen LogP contribution in [0.2, 0.25) is 5.02 Å². The van der Waals surface area contributed by atoms with Gasteiger partial charge >= 0.3 is 0 Å². The fourth-order valence-corrected chi connectivity index (χ4v) is 2.68. The number of hydrogen-bond donors (Lipinski definition) is 1. The maximum absolute atomic E-state index is 13.5. The summed E-state index contributed by atoms with van der Waals surface area (Å²) >= 11 is 11.1. The molecule has 3 nitrogen and oxygen atoms in total. The molecule has 2 aromatic carbocycles. The van der Waals surface area contributed by atoms with E-state index in [0.717, 1.165) is 11.3 Å². The maximum Gasteiger partial charge on any atom is 0.182 e. The van der Waals surface area contributed by atoms with E-state index in [4.69, 9.17) is 29.1 Å². The molecule has 104 valence electrons. The van der Waals surface area contributed by atoms with Gasteiger partial charge in [-0.1, -0.05) is 23.7 Å². The summed E-state index contributed by atoms with van der Waals surface area (Å²) in [4.78, 5) is 2.96. The Morgan fingerprint density at radius 2 is 2.00 bits per heavy atom. The van der Waals surface area contributed by atoms with Crippen molar-refractivity contribution in [3.05, 3.63) is 57.6 Å². The zero-order valence-electron chi connectivity index (χ0n) is 10.7. The predicted octanol–water partition coefficient (Wildman–Crippen LogP) is 4.55. The number of nitrogens with zero attached hydrogens (tertiary/aromatic N) is 2. The van der Waals surface area contributed by atoms with Gasteiger partial charge in [-0.2, -0.15) is 5.26 Å². The van der Waals surface area contributed by atoms with Gasteiger partial charge in [0, 0.05) is 11.8 Å². The van der Waals surface area contributed by atoms with Crippen molar-refractivity contribution in [2.75, 3.05) is 0 Å². The van der Waals surface area contributed by atoms with Crippen LogP contribution in [0.15, 0.2) is 36.4 Å². The lowest BCUT2D eigenvalue weighted by Gasteiger charge is -2.06. The number of benzene rings is 2. The van der Waals surface area contributed by atoms with Crippen molar-refractivity contribution in [1.29, 1.82) is 5.26 Å². The van der Waals surface area contributed by atoms with E-state index in [1.165, 1.54) is 6.07 Å². The van der Waals surface area contributed by atoms with Gasteiger partial charge in [0.2, 0.25) is 0 Å². The van der Waals surface area contributed by atoms with E-state index in [1.807, 2.05) is 24.3 Å². The van der Waals surface area contributed by atoms with Crippen LogP contribution >= 0.6 is 23.8 Å². The molecule has 1 aromatic heterocycles. The minimum Gasteiger partial charge on any atom is -0.330 e. The minimum absolute atomic E-state index is 0.0475. The molecule has 0 bridgehead atoms. The number of fused-ring (bicyclic) bond motifs is 1. The van der Waals surface area contributed by atoms with Gasteiger partial charge in [0.05, 0.1) is 28.5 Å². The number of hydrogen-bond acceptors (Lipinski definition) is 2. The summed E-state index contributed by atoms with van der Waals surface area (Å²) in [5.41, 5.74) is 3.05. The number of nitriles is 1. The van der Waals surface area contributed by atoms with Gasteiger partial charge in [0.1, 0.15) is 5.82 Å². The van der Waals surface area contributed by atoms with E-state index in [0.29, 0.717) is 22.2 Å². The third-order valence-electron chi connectivity index (χ3n) is 3.20. The Morgan fingerprint density at radius 3 is 2.67 bits per heavy atom. The lowest BCUT2D eigenvalue weighted by atomic mass is 10.1. The van der Waals surface area contributed by atoms with Gasteiger partial charge in [-0.05, 0) is 36.0 Å². The Balaban J connectivity index is 2.20. The van der Waals surface area contributed by atoms with Crippen molar-refractivity contribution >= 4 is 34.9 Å². The van der Waals surface area contributed by atoms with E-state index in [2.05, 4.69) is 11.1 Å². The molecule has 0 saturated carbocycles. The standard InChI is InChI=1S/C15H9ClFN3S/c16-11-7-14-13(8-12(11)17)19-15(21)20(14)10-3-1-9(2-4-10)5-6-18/h1-4,7-8H,5H2,(H,19,21).